The van der Waals surface area contributed by atoms with Gasteiger partial charge in [-0.25, -0.2) is 4.39 Å². The van der Waals surface area contributed by atoms with Gasteiger partial charge in [0.05, 0.1) is 15.8 Å². The lowest BCUT2D eigenvalue weighted by molar-refractivity contribution is -0.139. The third-order valence-electron chi connectivity index (χ3n) is 5.90. The summed E-state index contributed by atoms with van der Waals surface area (Å²) in [6, 6.07) is 11.2. The fourth-order valence-electron chi connectivity index (χ4n) is 3.93. The van der Waals surface area contributed by atoms with Crippen LogP contribution in [0.3, 0.4) is 0 Å². The minimum absolute atomic E-state index is 0.136. The van der Waals surface area contributed by atoms with Crippen molar-refractivity contribution in [3.8, 4) is 0 Å². The van der Waals surface area contributed by atoms with Gasteiger partial charge in [0.25, 0.3) is 0 Å². The maximum Gasteiger partial charge on any atom is 0.242 e. The summed E-state index contributed by atoms with van der Waals surface area (Å²) >= 11 is 13.5. The molecule has 0 radical (unpaired) electrons. The smallest absolute Gasteiger partial charge is 0.242 e. The molecule has 0 spiro atoms. The van der Waals surface area contributed by atoms with E-state index in [-0.39, 0.29) is 36.0 Å². The SMILES string of the molecule is C[C@@H](C(=O)NC1CCCCC1)N(Cc1ccc(Cl)c(Cl)c1)C(=O)CSCc1ccccc1F. The molecule has 1 N–H and O–H groups in total. The van der Waals surface area contributed by atoms with Crippen LogP contribution in [-0.2, 0) is 21.9 Å². The van der Waals surface area contributed by atoms with Gasteiger partial charge in [-0.2, -0.15) is 0 Å². The van der Waals surface area contributed by atoms with Crippen LogP contribution in [0.1, 0.15) is 50.2 Å². The van der Waals surface area contributed by atoms with Gasteiger partial charge in [-0.3, -0.25) is 9.59 Å². The average molecular weight is 511 g/mol. The van der Waals surface area contributed by atoms with E-state index in [1.165, 1.54) is 24.2 Å². The van der Waals surface area contributed by atoms with Gasteiger partial charge >= 0.3 is 0 Å². The molecule has 1 fully saturated rings. The van der Waals surface area contributed by atoms with Crippen molar-refractivity contribution < 1.29 is 14.0 Å². The predicted octanol–water partition coefficient (Wildman–Crippen LogP) is 6.23. The summed E-state index contributed by atoms with van der Waals surface area (Å²) < 4.78 is 13.9. The number of thioether (sulfide) groups is 1. The van der Waals surface area contributed by atoms with Gasteiger partial charge in [-0.05, 0) is 49.1 Å². The number of benzene rings is 2. The Morgan fingerprint density at radius 3 is 2.55 bits per heavy atom. The van der Waals surface area contributed by atoms with E-state index in [2.05, 4.69) is 5.32 Å². The molecular formula is C25H29Cl2FN2O2S. The summed E-state index contributed by atoms with van der Waals surface area (Å²) in [4.78, 5) is 27.7. The zero-order valence-corrected chi connectivity index (χ0v) is 21.0. The lowest BCUT2D eigenvalue weighted by atomic mass is 9.95. The van der Waals surface area contributed by atoms with Crippen molar-refractivity contribution in [3.05, 3.63) is 69.5 Å². The van der Waals surface area contributed by atoms with Crippen LogP contribution < -0.4 is 5.32 Å². The van der Waals surface area contributed by atoms with Crippen LogP contribution in [0.15, 0.2) is 42.5 Å². The molecule has 3 rings (SSSR count). The van der Waals surface area contributed by atoms with E-state index in [9.17, 15) is 14.0 Å². The van der Waals surface area contributed by atoms with E-state index < -0.39 is 6.04 Å². The number of hydrogen-bond donors (Lipinski definition) is 1. The molecular weight excluding hydrogens is 482 g/mol. The number of carbonyl (C=O) groups excluding carboxylic acids is 2. The van der Waals surface area contributed by atoms with Gasteiger partial charge < -0.3 is 10.2 Å². The lowest BCUT2D eigenvalue weighted by Crippen LogP contribution is -2.50. The monoisotopic (exact) mass is 510 g/mol. The molecule has 0 heterocycles. The van der Waals surface area contributed by atoms with Gasteiger partial charge in [0.15, 0.2) is 0 Å². The Balaban J connectivity index is 1.68. The van der Waals surface area contributed by atoms with Crippen LogP contribution in [0, 0.1) is 5.82 Å². The number of halogens is 3. The van der Waals surface area contributed by atoms with Crippen LogP contribution in [-0.4, -0.2) is 34.6 Å². The van der Waals surface area contributed by atoms with Crippen LogP contribution in [0.5, 0.6) is 0 Å². The Kier molecular flexibility index (Phi) is 9.90. The van der Waals surface area contributed by atoms with Crippen molar-refractivity contribution >= 4 is 46.8 Å². The Hall–Kier alpha value is -1.76. The van der Waals surface area contributed by atoms with E-state index in [4.69, 9.17) is 23.2 Å². The highest BCUT2D eigenvalue weighted by molar-refractivity contribution is 7.99. The fraction of sp³-hybridized carbons (Fsp3) is 0.440. The lowest BCUT2D eigenvalue weighted by Gasteiger charge is -2.31. The molecule has 2 aromatic carbocycles. The molecule has 178 valence electrons. The average Bonchev–Trinajstić information content (AvgIpc) is 2.81. The molecule has 1 aliphatic rings. The van der Waals surface area contributed by atoms with Crippen molar-refractivity contribution in [1.82, 2.24) is 10.2 Å². The fourth-order valence-corrected chi connectivity index (χ4v) is 5.15. The van der Waals surface area contributed by atoms with E-state index in [1.807, 2.05) is 0 Å². The second-order valence-electron chi connectivity index (χ2n) is 8.37. The number of rotatable bonds is 9. The first-order valence-electron chi connectivity index (χ1n) is 11.2. The molecule has 1 aliphatic carbocycles. The number of nitrogens with zero attached hydrogens (tertiary/aromatic N) is 1. The number of carbonyl (C=O) groups is 2. The van der Waals surface area contributed by atoms with Crippen molar-refractivity contribution in [2.75, 3.05) is 5.75 Å². The highest BCUT2D eigenvalue weighted by atomic mass is 35.5. The first kappa shape index (κ1) is 25.9. The second-order valence-corrected chi connectivity index (χ2v) is 10.2. The molecule has 4 nitrogen and oxygen atoms in total. The van der Waals surface area contributed by atoms with Crippen LogP contribution in [0.2, 0.25) is 10.0 Å². The van der Waals surface area contributed by atoms with E-state index in [0.29, 0.717) is 21.4 Å². The zero-order valence-electron chi connectivity index (χ0n) is 18.7. The summed E-state index contributed by atoms with van der Waals surface area (Å²) in [5.41, 5.74) is 1.34. The molecule has 0 aromatic heterocycles. The van der Waals surface area contributed by atoms with Gasteiger partial charge in [0.2, 0.25) is 11.8 Å². The largest absolute Gasteiger partial charge is 0.352 e. The van der Waals surface area contributed by atoms with E-state index in [0.717, 1.165) is 31.2 Å². The molecule has 2 amide bonds. The van der Waals surface area contributed by atoms with E-state index >= 15 is 0 Å². The summed E-state index contributed by atoms with van der Waals surface area (Å²) in [5.74, 6) is -0.119. The van der Waals surface area contributed by atoms with Crippen molar-refractivity contribution in [2.45, 2.75) is 63.4 Å². The Bertz CT molecular complexity index is 969. The molecule has 0 saturated heterocycles. The maximum atomic E-state index is 13.9. The van der Waals surface area contributed by atoms with Gasteiger partial charge in [0.1, 0.15) is 11.9 Å². The number of amides is 2. The predicted molar refractivity (Wildman–Crippen MR) is 134 cm³/mol. The molecule has 2 aromatic rings. The highest BCUT2D eigenvalue weighted by Gasteiger charge is 2.28. The molecule has 8 heteroatoms. The molecule has 0 bridgehead atoms. The normalized spacial score (nSPS) is 15.2. The molecule has 0 unspecified atom stereocenters. The quantitative estimate of drug-likeness (QED) is 0.434. The summed E-state index contributed by atoms with van der Waals surface area (Å²) in [5, 5.41) is 3.94. The minimum Gasteiger partial charge on any atom is -0.352 e. The Labute approximate surface area is 209 Å². The van der Waals surface area contributed by atoms with Crippen LogP contribution >= 0.6 is 35.0 Å². The maximum absolute atomic E-state index is 13.9. The van der Waals surface area contributed by atoms with Crippen LogP contribution in [0.4, 0.5) is 4.39 Å². The summed E-state index contributed by atoms with van der Waals surface area (Å²) in [6.45, 7) is 1.98. The van der Waals surface area contributed by atoms with Gasteiger partial charge in [-0.1, -0.05) is 66.7 Å². The highest BCUT2D eigenvalue weighted by Crippen LogP contribution is 2.25. The Morgan fingerprint density at radius 1 is 1.12 bits per heavy atom. The van der Waals surface area contributed by atoms with E-state index in [1.54, 1.807) is 48.2 Å². The third kappa shape index (κ3) is 7.62. The topological polar surface area (TPSA) is 49.4 Å². The van der Waals surface area contributed by atoms with Crippen LogP contribution in [0.25, 0.3) is 0 Å². The third-order valence-corrected chi connectivity index (χ3v) is 7.60. The van der Waals surface area contributed by atoms with Crippen molar-refractivity contribution in [1.29, 1.82) is 0 Å². The molecule has 33 heavy (non-hydrogen) atoms. The van der Waals surface area contributed by atoms with Crippen molar-refractivity contribution in [2.24, 2.45) is 0 Å². The summed E-state index contributed by atoms with van der Waals surface area (Å²) in [6.07, 6.45) is 5.36. The van der Waals surface area contributed by atoms with Crippen molar-refractivity contribution in [3.63, 3.8) is 0 Å². The second kappa shape index (κ2) is 12.6. The molecule has 0 aliphatic heterocycles. The first-order chi connectivity index (χ1) is 15.8. The molecule has 1 atom stereocenters. The summed E-state index contributed by atoms with van der Waals surface area (Å²) in [7, 11) is 0. The molecule has 1 saturated carbocycles. The van der Waals surface area contributed by atoms with Gasteiger partial charge in [0, 0.05) is 18.3 Å². The number of hydrogen-bond acceptors (Lipinski definition) is 3. The number of nitrogens with one attached hydrogen (secondary N) is 1. The Morgan fingerprint density at radius 2 is 1.85 bits per heavy atom. The minimum atomic E-state index is -0.650. The standard InChI is InChI=1S/C25H29Cl2FN2O2S/c1-17(25(32)29-20-8-3-2-4-9-20)30(14-18-11-12-21(26)22(27)13-18)24(31)16-33-15-19-7-5-6-10-23(19)28/h5-7,10-13,17,20H,2-4,8-9,14-16H2,1H3,(H,29,32)/t17-/m0/s1. The first-order valence-corrected chi connectivity index (χ1v) is 13.1. The zero-order chi connectivity index (χ0) is 23.8. The van der Waals surface area contributed by atoms with Gasteiger partial charge in [-0.15, -0.1) is 11.8 Å².